The quantitative estimate of drug-likeness (QED) is 0.0490. The average Bonchev–Trinajstić information content (AvgIpc) is 3.44. The maximum Gasteiger partial charge on any atom is 0.312 e. The predicted octanol–water partition coefficient (Wildman–Crippen LogP) is 4.45. The molecule has 1 unspecified atom stereocenters. The van der Waals surface area contributed by atoms with E-state index in [1.54, 1.807) is 58.9 Å². The van der Waals surface area contributed by atoms with Gasteiger partial charge < -0.3 is 37.1 Å². The number of amides is 8. The lowest BCUT2D eigenvalue weighted by Crippen LogP contribution is -2.54. The second kappa shape index (κ2) is 24.2. The monoisotopic (exact) mass is 828 g/mol. The van der Waals surface area contributed by atoms with Gasteiger partial charge in [0.2, 0.25) is 35.4 Å². The highest BCUT2D eigenvalue weighted by Gasteiger charge is 2.44. The van der Waals surface area contributed by atoms with Crippen molar-refractivity contribution in [3.63, 3.8) is 0 Å². The van der Waals surface area contributed by atoms with Gasteiger partial charge in [0.25, 0.3) is 0 Å². The van der Waals surface area contributed by atoms with E-state index in [0.717, 1.165) is 12.0 Å². The van der Waals surface area contributed by atoms with E-state index >= 15 is 0 Å². The Labute approximate surface area is 349 Å². The summed E-state index contributed by atoms with van der Waals surface area (Å²) in [5.74, 6) is -2.53. The molecule has 1 fully saturated rings. The highest BCUT2D eigenvalue weighted by molar-refractivity contribution is 6.04. The van der Waals surface area contributed by atoms with Gasteiger partial charge >= 0.3 is 12.0 Å². The number of hydrogen-bond acceptors (Lipinski definition) is 9. The summed E-state index contributed by atoms with van der Waals surface area (Å²) in [5, 5.41) is 13.7. The number of unbranched alkanes of at least 4 members (excludes halogenated alkanes) is 4. The first-order chi connectivity index (χ1) is 27.6. The summed E-state index contributed by atoms with van der Waals surface area (Å²) in [6.45, 7) is 15.9. The molecule has 1 aromatic rings. The Balaban J connectivity index is 1.77. The van der Waals surface area contributed by atoms with Crippen LogP contribution in [0.5, 0.6) is 0 Å². The summed E-state index contributed by atoms with van der Waals surface area (Å²) < 4.78 is 5.35. The van der Waals surface area contributed by atoms with Gasteiger partial charge in [-0.25, -0.2) is 4.79 Å². The summed E-state index contributed by atoms with van der Waals surface area (Å²) in [7, 11) is 0. The Morgan fingerprint density at radius 1 is 0.780 bits per heavy atom. The van der Waals surface area contributed by atoms with Gasteiger partial charge in [0.1, 0.15) is 18.7 Å². The lowest BCUT2D eigenvalue weighted by molar-refractivity contribution is -0.154. The van der Waals surface area contributed by atoms with Gasteiger partial charge in [-0.15, -0.1) is 0 Å². The van der Waals surface area contributed by atoms with Gasteiger partial charge in [0.05, 0.1) is 11.3 Å². The highest BCUT2D eigenvalue weighted by Crippen LogP contribution is 2.35. The van der Waals surface area contributed by atoms with E-state index in [0.29, 0.717) is 63.7 Å². The lowest BCUT2D eigenvalue weighted by atomic mass is 9.80. The van der Waals surface area contributed by atoms with Crippen molar-refractivity contribution in [1.82, 2.24) is 26.2 Å². The molecule has 59 heavy (non-hydrogen) atoms. The minimum absolute atomic E-state index is 0.0698. The lowest BCUT2D eigenvalue weighted by Gasteiger charge is -2.25. The number of carbonyl (C=O) groups excluding carboxylic acids is 8. The van der Waals surface area contributed by atoms with Crippen LogP contribution in [0.15, 0.2) is 24.3 Å². The Kier molecular flexibility index (Phi) is 20.5. The maximum atomic E-state index is 13.5. The number of nitrogens with one attached hydrogen (secondary N) is 5. The molecule has 7 N–H and O–H groups in total. The number of esters is 1. The SMILES string of the molecule is CC(C)[C@H](NC(=O)CCCCCNC(=O)CCCCCN1C(=O)CC(C(C)(C)C)C1=O)C(=O)N[C@@H](CCCNC(N)=O)C(=O)Nc1ccc(COC(=O)C(C)(C)C)cc1. The highest BCUT2D eigenvalue weighted by atomic mass is 16.5. The number of anilines is 1. The number of urea groups is 1. The van der Waals surface area contributed by atoms with Crippen molar-refractivity contribution in [2.24, 2.45) is 28.4 Å². The topological polar surface area (TPSA) is 235 Å². The molecule has 16 heteroatoms. The maximum absolute atomic E-state index is 13.5. The van der Waals surface area contributed by atoms with Gasteiger partial charge in [0, 0.05) is 44.6 Å². The molecule has 1 aliphatic heterocycles. The Morgan fingerprint density at radius 2 is 1.39 bits per heavy atom. The van der Waals surface area contributed by atoms with Crippen LogP contribution in [-0.4, -0.2) is 84.1 Å². The number of likely N-dealkylation sites (tertiary alicyclic amines) is 1. The molecule has 8 amide bonds. The number of hydrogen-bond donors (Lipinski definition) is 6. The summed E-state index contributed by atoms with van der Waals surface area (Å²) in [4.78, 5) is 102. The van der Waals surface area contributed by atoms with Crippen molar-refractivity contribution in [3.8, 4) is 0 Å². The van der Waals surface area contributed by atoms with E-state index in [4.69, 9.17) is 10.5 Å². The third kappa shape index (κ3) is 18.6. The van der Waals surface area contributed by atoms with Crippen LogP contribution in [0, 0.1) is 22.7 Å². The first-order valence-electron chi connectivity index (χ1n) is 20.9. The van der Waals surface area contributed by atoms with Crippen LogP contribution >= 0.6 is 0 Å². The molecule has 0 saturated carbocycles. The molecule has 330 valence electrons. The van der Waals surface area contributed by atoms with Gasteiger partial charge in [-0.2, -0.15) is 0 Å². The van der Waals surface area contributed by atoms with Crippen molar-refractivity contribution in [2.75, 3.05) is 25.0 Å². The normalized spacial score (nSPS) is 15.3. The van der Waals surface area contributed by atoms with Crippen molar-refractivity contribution in [1.29, 1.82) is 0 Å². The Hall–Kier alpha value is -5.02. The molecule has 0 radical (unpaired) electrons. The molecular weight excluding hydrogens is 759 g/mol. The standard InChI is InChI=1S/C43H69N7O9/c1-28(2)36(49-34(52)18-11-9-13-23-45-33(51)17-12-10-14-25-50-35(53)26-31(39(50)56)42(3,4)5)38(55)48-32(16-15-24-46-41(44)58)37(54)47-30-21-19-29(20-22-30)27-59-40(57)43(6,7)8/h19-22,28,31-32,36H,9-18,23-27H2,1-8H3,(H,45,51)(H,47,54)(H,48,55)(H,49,52)(H3,44,46,58)/t31?,32-,36-/m0/s1. The van der Waals surface area contributed by atoms with Gasteiger partial charge in [-0.1, -0.05) is 59.6 Å². The van der Waals surface area contributed by atoms with Crippen LogP contribution in [0.2, 0.25) is 0 Å². The number of nitrogens with zero attached hydrogens (tertiary/aromatic N) is 1. The molecule has 16 nitrogen and oxygen atoms in total. The van der Waals surface area contributed by atoms with Crippen molar-refractivity contribution < 1.29 is 43.1 Å². The van der Waals surface area contributed by atoms with Crippen molar-refractivity contribution in [2.45, 2.75) is 145 Å². The van der Waals surface area contributed by atoms with E-state index in [1.165, 1.54) is 4.90 Å². The van der Waals surface area contributed by atoms with E-state index in [1.807, 2.05) is 20.8 Å². The van der Waals surface area contributed by atoms with Gasteiger partial charge in [-0.05, 0) is 88.3 Å². The van der Waals surface area contributed by atoms with Crippen LogP contribution in [0.4, 0.5) is 10.5 Å². The first-order valence-corrected chi connectivity index (χ1v) is 20.9. The fraction of sp³-hybridized carbons (Fsp3) is 0.674. The third-order valence-electron chi connectivity index (χ3n) is 10.0. The Morgan fingerprint density at radius 3 is 1.97 bits per heavy atom. The number of benzene rings is 1. The van der Waals surface area contributed by atoms with Crippen LogP contribution in [0.1, 0.15) is 132 Å². The molecule has 1 aliphatic rings. The summed E-state index contributed by atoms with van der Waals surface area (Å²) in [6.07, 6.45) is 5.25. The van der Waals surface area contributed by atoms with Crippen LogP contribution in [0.3, 0.4) is 0 Å². The fourth-order valence-corrected chi connectivity index (χ4v) is 6.34. The molecule has 1 saturated heterocycles. The van der Waals surface area contributed by atoms with Gasteiger partial charge in [0.15, 0.2) is 0 Å². The van der Waals surface area contributed by atoms with Crippen LogP contribution < -0.4 is 32.3 Å². The number of imide groups is 1. The van der Waals surface area contributed by atoms with Crippen LogP contribution in [-0.2, 0) is 44.9 Å². The minimum atomic E-state index is -0.995. The number of rotatable bonds is 24. The largest absolute Gasteiger partial charge is 0.460 e. The van der Waals surface area contributed by atoms with E-state index < -0.39 is 35.3 Å². The van der Waals surface area contributed by atoms with Gasteiger partial charge in [-0.3, -0.25) is 38.5 Å². The van der Waals surface area contributed by atoms with Crippen molar-refractivity contribution >= 4 is 53.1 Å². The summed E-state index contributed by atoms with van der Waals surface area (Å²) in [5.41, 5.74) is 5.47. The number of ether oxygens (including phenoxy) is 1. The zero-order valence-corrected chi connectivity index (χ0v) is 36.4. The van der Waals surface area contributed by atoms with E-state index in [9.17, 15) is 38.4 Å². The minimum Gasteiger partial charge on any atom is -0.460 e. The molecule has 0 aliphatic carbocycles. The molecule has 0 aromatic heterocycles. The molecule has 0 bridgehead atoms. The second-order valence-electron chi connectivity index (χ2n) is 17.8. The molecule has 0 spiro atoms. The average molecular weight is 828 g/mol. The van der Waals surface area contributed by atoms with Crippen LogP contribution in [0.25, 0.3) is 0 Å². The summed E-state index contributed by atoms with van der Waals surface area (Å²) in [6, 6.07) is 4.14. The number of primary amides is 1. The fourth-order valence-electron chi connectivity index (χ4n) is 6.34. The molecular formula is C43H69N7O9. The number of nitrogens with two attached hydrogens (primary N) is 1. The van der Waals surface area contributed by atoms with Crippen molar-refractivity contribution in [3.05, 3.63) is 29.8 Å². The number of carbonyl (C=O) groups is 8. The first kappa shape index (κ1) is 50.1. The zero-order valence-electron chi connectivity index (χ0n) is 36.4. The smallest absolute Gasteiger partial charge is 0.312 e. The van der Waals surface area contributed by atoms with E-state index in [2.05, 4.69) is 26.6 Å². The Bertz CT molecular complexity index is 1600. The zero-order chi connectivity index (χ0) is 44.3. The molecule has 3 atom stereocenters. The molecule has 1 heterocycles. The predicted molar refractivity (Wildman–Crippen MR) is 224 cm³/mol. The second-order valence-corrected chi connectivity index (χ2v) is 17.8. The third-order valence-corrected chi connectivity index (χ3v) is 10.0. The summed E-state index contributed by atoms with van der Waals surface area (Å²) >= 11 is 0. The molecule has 1 aromatic carbocycles. The molecule has 2 rings (SSSR count). The van der Waals surface area contributed by atoms with E-state index in [-0.39, 0.29) is 79.3 Å².